The molecular weight excluding hydrogens is 379 g/mol. The lowest BCUT2D eigenvalue weighted by Gasteiger charge is -2.19. The highest BCUT2D eigenvalue weighted by Gasteiger charge is 2.22. The van der Waals surface area contributed by atoms with Crippen LogP contribution in [0.15, 0.2) is 47.4 Å². The Kier molecular flexibility index (Phi) is 5.47. The van der Waals surface area contributed by atoms with Gasteiger partial charge in [0.2, 0.25) is 0 Å². The molecule has 1 amide bonds. The largest absolute Gasteiger partial charge is 0.486 e. The van der Waals surface area contributed by atoms with Gasteiger partial charge < -0.3 is 14.2 Å². The van der Waals surface area contributed by atoms with Crippen molar-refractivity contribution in [2.24, 2.45) is 0 Å². The summed E-state index contributed by atoms with van der Waals surface area (Å²) in [5.74, 6) is -0.130. The van der Waals surface area contributed by atoms with Gasteiger partial charge in [0.1, 0.15) is 24.8 Å². The van der Waals surface area contributed by atoms with Crippen LogP contribution in [0, 0.1) is 5.82 Å². The average molecular weight is 396 g/mol. The number of halogens is 1. The number of carbonyl (C=O) groups excluding carboxylic acids is 1. The van der Waals surface area contributed by atoms with Crippen molar-refractivity contribution in [3.05, 3.63) is 48.3 Å². The lowest BCUT2D eigenvalue weighted by atomic mass is 10.3. The highest BCUT2D eigenvalue weighted by atomic mass is 32.2. The second-order valence-electron chi connectivity index (χ2n) is 5.61. The molecule has 27 heavy (non-hydrogen) atoms. The number of hydrazine groups is 1. The van der Waals surface area contributed by atoms with E-state index in [2.05, 4.69) is 5.43 Å². The Balaban J connectivity index is 1.60. The molecule has 2 N–H and O–H groups in total. The summed E-state index contributed by atoms with van der Waals surface area (Å²) in [6, 6.07) is 9.21. The SMILES string of the molecule is C[C@@H](Oc1ccc(F)cc1)C(=O)NNS(=O)(=O)c1ccc2c(c1)OCCO2. The number of benzene rings is 2. The third-order valence-electron chi connectivity index (χ3n) is 3.63. The number of sulfonamides is 1. The fraction of sp³-hybridized carbons (Fsp3) is 0.235. The molecule has 0 spiro atoms. The number of hydrogen-bond acceptors (Lipinski definition) is 6. The first-order chi connectivity index (χ1) is 12.8. The van der Waals surface area contributed by atoms with Crippen molar-refractivity contribution in [2.75, 3.05) is 13.2 Å². The molecule has 1 aliphatic heterocycles. The first-order valence-electron chi connectivity index (χ1n) is 7.99. The van der Waals surface area contributed by atoms with Crippen LogP contribution < -0.4 is 24.5 Å². The van der Waals surface area contributed by atoms with Gasteiger partial charge in [-0.1, -0.05) is 0 Å². The molecule has 0 saturated heterocycles. The van der Waals surface area contributed by atoms with Gasteiger partial charge in [-0.05, 0) is 43.3 Å². The van der Waals surface area contributed by atoms with Crippen LogP contribution in [0.5, 0.6) is 17.2 Å². The Hall–Kier alpha value is -2.85. The van der Waals surface area contributed by atoms with E-state index < -0.39 is 27.9 Å². The molecule has 3 rings (SSSR count). The van der Waals surface area contributed by atoms with Crippen LogP contribution >= 0.6 is 0 Å². The molecule has 144 valence electrons. The summed E-state index contributed by atoms with van der Waals surface area (Å²) in [7, 11) is -4.02. The predicted octanol–water partition coefficient (Wildman–Crippen LogP) is 1.37. The number of carbonyl (C=O) groups is 1. The third-order valence-corrected chi connectivity index (χ3v) is 4.87. The van der Waals surface area contributed by atoms with E-state index in [9.17, 15) is 17.6 Å². The van der Waals surface area contributed by atoms with Crippen molar-refractivity contribution in [3.63, 3.8) is 0 Å². The number of nitrogens with one attached hydrogen (secondary N) is 2. The van der Waals surface area contributed by atoms with Gasteiger partial charge in [0.15, 0.2) is 17.6 Å². The van der Waals surface area contributed by atoms with Crippen LogP contribution in [-0.4, -0.2) is 33.6 Å². The Morgan fingerprint density at radius 3 is 2.48 bits per heavy atom. The molecule has 1 atom stereocenters. The minimum absolute atomic E-state index is 0.0980. The van der Waals surface area contributed by atoms with Crippen LogP contribution in [0.2, 0.25) is 0 Å². The van der Waals surface area contributed by atoms with E-state index in [-0.39, 0.29) is 10.6 Å². The highest BCUT2D eigenvalue weighted by molar-refractivity contribution is 7.89. The summed E-state index contributed by atoms with van der Waals surface area (Å²) in [5.41, 5.74) is 2.08. The minimum atomic E-state index is -4.02. The lowest BCUT2D eigenvalue weighted by Crippen LogP contribution is -2.47. The van der Waals surface area contributed by atoms with Crippen LogP contribution in [0.3, 0.4) is 0 Å². The zero-order chi connectivity index (χ0) is 19.4. The summed E-state index contributed by atoms with van der Waals surface area (Å²) in [4.78, 5) is 13.9. The molecule has 8 nitrogen and oxygen atoms in total. The number of fused-ring (bicyclic) bond motifs is 1. The zero-order valence-corrected chi connectivity index (χ0v) is 15.1. The van der Waals surface area contributed by atoms with Gasteiger partial charge in [0, 0.05) is 6.07 Å². The summed E-state index contributed by atoms with van der Waals surface area (Å²) >= 11 is 0. The zero-order valence-electron chi connectivity index (χ0n) is 14.3. The molecule has 1 aliphatic rings. The fourth-order valence-electron chi connectivity index (χ4n) is 2.24. The number of amides is 1. The Morgan fingerprint density at radius 1 is 1.11 bits per heavy atom. The second-order valence-corrected chi connectivity index (χ2v) is 7.30. The topological polar surface area (TPSA) is 103 Å². The van der Waals surface area contributed by atoms with Crippen LogP contribution in [-0.2, 0) is 14.8 Å². The molecule has 0 saturated carbocycles. The third kappa shape index (κ3) is 4.66. The van der Waals surface area contributed by atoms with Crippen molar-refractivity contribution in [3.8, 4) is 17.2 Å². The molecule has 2 aromatic rings. The Bertz CT molecular complexity index is 933. The van der Waals surface area contributed by atoms with Crippen LogP contribution in [0.1, 0.15) is 6.92 Å². The monoisotopic (exact) mass is 396 g/mol. The first-order valence-corrected chi connectivity index (χ1v) is 9.47. The Morgan fingerprint density at radius 2 is 1.78 bits per heavy atom. The predicted molar refractivity (Wildman–Crippen MR) is 92.4 cm³/mol. The van der Waals surface area contributed by atoms with E-state index in [1.54, 1.807) is 0 Å². The summed E-state index contributed by atoms with van der Waals surface area (Å²) in [6.45, 7) is 2.13. The Labute approximate surface area is 155 Å². The standard InChI is InChI=1S/C17H17FN2O6S/c1-11(26-13-4-2-12(18)3-5-13)17(21)19-20-27(22,23)14-6-7-15-16(10-14)25-9-8-24-15/h2-7,10-11,20H,8-9H2,1H3,(H,19,21)/t11-/m1/s1. The summed E-state index contributed by atoms with van der Waals surface area (Å²) in [5, 5.41) is 0. The molecule has 0 bridgehead atoms. The lowest BCUT2D eigenvalue weighted by molar-refractivity contribution is -0.127. The molecule has 0 radical (unpaired) electrons. The molecule has 0 unspecified atom stereocenters. The van der Waals surface area contributed by atoms with E-state index in [0.29, 0.717) is 24.7 Å². The van der Waals surface area contributed by atoms with Crippen LogP contribution in [0.25, 0.3) is 0 Å². The van der Waals surface area contributed by atoms with Crippen molar-refractivity contribution in [1.29, 1.82) is 0 Å². The van der Waals surface area contributed by atoms with E-state index in [0.717, 1.165) is 0 Å². The summed E-state index contributed by atoms with van der Waals surface area (Å²) in [6.07, 6.45) is -1.02. The van der Waals surface area contributed by atoms with Crippen molar-refractivity contribution >= 4 is 15.9 Å². The van der Waals surface area contributed by atoms with E-state index in [4.69, 9.17) is 14.2 Å². The average Bonchev–Trinajstić information content (AvgIpc) is 2.67. The maximum atomic E-state index is 12.9. The molecule has 2 aromatic carbocycles. The quantitative estimate of drug-likeness (QED) is 0.715. The number of rotatable bonds is 6. The van der Waals surface area contributed by atoms with Crippen molar-refractivity contribution in [2.45, 2.75) is 17.9 Å². The normalized spacial score (nSPS) is 14.3. The van der Waals surface area contributed by atoms with E-state index >= 15 is 0 Å². The second kappa shape index (κ2) is 7.80. The molecule has 1 heterocycles. The molecule has 0 fully saturated rings. The van der Waals surface area contributed by atoms with Crippen molar-refractivity contribution in [1.82, 2.24) is 10.3 Å². The van der Waals surface area contributed by atoms with Crippen molar-refractivity contribution < 1.29 is 31.8 Å². The van der Waals surface area contributed by atoms with E-state index in [1.807, 2.05) is 4.83 Å². The number of hydrogen-bond donors (Lipinski definition) is 2. The minimum Gasteiger partial charge on any atom is -0.486 e. The van der Waals surface area contributed by atoms with Gasteiger partial charge >= 0.3 is 0 Å². The van der Waals surface area contributed by atoms with Crippen LogP contribution in [0.4, 0.5) is 4.39 Å². The smallest absolute Gasteiger partial charge is 0.275 e. The van der Waals surface area contributed by atoms with Gasteiger partial charge in [0.25, 0.3) is 15.9 Å². The number of ether oxygens (including phenoxy) is 3. The van der Waals surface area contributed by atoms with Gasteiger partial charge in [-0.2, -0.15) is 0 Å². The highest BCUT2D eigenvalue weighted by Crippen LogP contribution is 2.32. The molecule has 0 aromatic heterocycles. The van der Waals surface area contributed by atoms with E-state index in [1.165, 1.54) is 49.4 Å². The van der Waals surface area contributed by atoms with Gasteiger partial charge in [-0.3, -0.25) is 10.2 Å². The maximum absolute atomic E-state index is 12.9. The molecular formula is C17H17FN2O6S. The fourth-order valence-corrected chi connectivity index (χ4v) is 3.10. The van der Waals surface area contributed by atoms with Gasteiger partial charge in [-0.25, -0.2) is 12.8 Å². The summed E-state index contributed by atoms with van der Waals surface area (Å²) < 4.78 is 53.6. The van der Waals surface area contributed by atoms with Gasteiger partial charge in [0.05, 0.1) is 4.90 Å². The maximum Gasteiger partial charge on any atom is 0.275 e. The molecule has 10 heteroatoms. The molecule has 0 aliphatic carbocycles. The first kappa shape index (κ1) is 18.9. The van der Waals surface area contributed by atoms with Gasteiger partial charge in [-0.15, -0.1) is 4.83 Å².